The van der Waals surface area contributed by atoms with Crippen LogP contribution >= 0.6 is 0 Å². The van der Waals surface area contributed by atoms with E-state index in [1.807, 2.05) is 12.1 Å². The van der Waals surface area contributed by atoms with E-state index in [-0.39, 0.29) is 6.04 Å². The zero-order valence-corrected chi connectivity index (χ0v) is 11.1. The number of allylic oxidation sites excluding steroid dienone is 1. The van der Waals surface area contributed by atoms with Crippen LogP contribution in [-0.2, 0) is 0 Å². The van der Waals surface area contributed by atoms with E-state index in [4.69, 9.17) is 5.73 Å². The van der Waals surface area contributed by atoms with E-state index in [1.54, 1.807) is 0 Å². The summed E-state index contributed by atoms with van der Waals surface area (Å²) in [5.74, 6) is 0.388. The molecule has 4 rings (SSSR count). The van der Waals surface area contributed by atoms with Crippen molar-refractivity contribution in [1.82, 2.24) is 0 Å². The average molecular weight is 260 g/mol. The first-order valence-corrected chi connectivity index (χ1v) is 6.93. The Morgan fingerprint density at radius 2 is 1.65 bits per heavy atom. The lowest BCUT2D eigenvalue weighted by atomic mass is 9.90. The van der Waals surface area contributed by atoms with E-state index in [2.05, 4.69) is 65.6 Å². The highest BCUT2D eigenvalue weighted by atomic mass is 15.2. The molecule has 0 radical (unpaired) electrons. The van der Waals surface area contributed by atoms with Gasteiger partial charge in [-0.15, -0.1) is 0 Å². The molecule has 2 aliphatic rings. The topological polar surface area (TPSA) is 29.3 Å². The molecule has 1 heterocycles. The highest BCUT2D eigenvalue weighted by Gasteiger charge is 2.37. The smallest absolute Gasteiger partial charge is 0.0649 e. The molecular formula is C18H16N2. The maximum absolute atomic E-state index is 6.01. The van der Waals surface area contributed by atoms with Gasteiger partial charge in [0.25, 0.3) is 0 Å². The van der Waals surface area contributed by atoms with Crippen LogP contribution in [0, 0.1) is 0 Å². The number of hydrogen-bond acceptors (Lipinski definition) is 2. The molecule has 1 aliphatic carbocycles. The zero-order chi connectivity index (χ0) is 13.5. The fourth-order valence-corrected chi connectivity index (χ4v) is 3.26. The van der Waals surface area contributed by atoms with Gasteiger partial charge in [-0.1, -0.05) is 42.5 Å². The average Bonchev–Trinajstić information content (AvgIpc) is 2.81. The summed E-state index contributed by atoms with van der Waals surface area (Å²) in [7, 11) is 0. The molecule has 0 saturated carbocycles. The van der Waals surface area contributed by atoms with Crippen LogP contribution in [0.15, 0.2) is 78.5 Å². The summed E-state index contributed by atoms with van der Waals surface area (Å²) < 4.78 is 0. The Morgan fingerprint density at radius 1 is 0.900 bits per heavy atom. The van der Waals surface area contributed by atoms with Gasteiger partial charge in [0, 0.05) is 23.0 Å². The van der Waals surface area contributed by atoms with Crippen molar-refractivity contribution in [1.29, 1.82) is 0 Å². The molecule has 20 heavy (non-hydrogen) atoms. The van der Waals surface area contributed by atoms with Gasteiger partial charge in [0.2, 0.25) is 0 Å². The predicted molar refractivity (Wildman–Crippen MR) is 83.0 cm³/mol. The van der Waals surface area contributed by atoms with Crippen LogP contribution in [0.4, 0.5) is 11.4 Å². The van der Waals surface area contributed by atoms with Gasteiger partial charge < -0.3 is 10.6 Å². The predicted octanol–water partition coefficient (Wildman–Crippen LogP) is 3.70. The van der Waals surface area contributed by atoms with Crippen LogP contribution in [0.2, 0.25) is 0 Å². The van der Waals surface area contributed by atoms with Gasteiger partial charge in [-0.3, -0.25) is 0 Å². The molecule has 2 atom stereocenters. The quantitative estimate of drug-likeness (QED) is 0.847. The van der Waals surface area contributed by atoms with Crippen molar-refractivity contribution in [3.63, 3.8) is 0 Å². The largest absolute Gasteiger partial charge is 0.399 e. The Morgan fingerprint density at radius 3 is 2.50 bits per heavy atom. The molecule has 0 spiro atoms. The van der Waals surface area contributed by atoms with Gasteiger partial charge in [-0.25, -0.2) is 0 Å². The summed E-state index contributed by atoms with van der Waals surface area (Å²) in [6, 6.07) is 19.4. The zero-order valence-electron chi connectivity index (χ0n) is 11.1. The fraction of sp³-hybridized carbons (Fsp3) is 0.111. The molecule has 0 amide bonds. The standard InChI is InChI=1S/C18H16N2/c19-13-10-11-16-15-8-4-5-9-17(15)20(18(16)12-13)14-6-2-1-3-7-14/h1-12,16,18H,19H2/t16?,18-/m0/s1. The van der Waals surface area contributed by atoms with E-state index >= 15 is 0 Å². The van der Waals surface area contributed by atoms with E-state index in [9.17, 15) is 0 Å². The number of para-hydroxylation sites is 2. The molecule has 2 N–H and O–H groups in total. The van der Waals surface area contributed by atoms with Crippen molar-refractivity contribution in [2.24, 2.45) is 5.73 Å². The Labute approximate surface area is 118 Å². The number of rotatable bonds is 1. The van der Waals surface area contributed by atoms with E-state index < -0.39 is 0 Å². The molecule has 2 heteroatoms. The monoisotopic (exact) mass is 260 g/mol. The maximum atomic E-state index is 6.01. The van der Waals surface area contributed by atoms with Gasteiger partial charge in [0.1, 0.15) is 0 Å². The van der Waals surface area contributed by atoms with Crippen LogP contribution in [0.3, 0.4) is 0 Å². The van der Waals surface area contributed by atoms with Crippen LogP contribution in [-0.4, -0.2) is 6.04 Å². The minimum absolute atomic E-state index is 0.278. The maximum Gasteiger partial charge on any atom is 0.0649 e. The van der Waals surface area contributed by atoms with Crippen LogP contribution < -0.4 is 10.6 Å². The Bertz CT molecular complexity index is 700. The molecule has 0 bridgehead atoms. The van der Waals surface area contributed by atoms with Crippen LogP contribution in [0.5, 0.6) is 0 Å². The van der Waals surface area contributed by atoms with Crippen molar-refractivity contribution in [2.75, 3.05) is 4.90 Å². The molecule has 0 aromatic heterocycles. The lowest BCUT2D eigenvalue weighted by Crippen LogP contribution is -2.30. The number of nitrogens with two attached hydrogens (primary N) is 1. The van der Waals surface area contributed by atoms with Crippen molar-refractivity contribution in [2.45, 2.75) is 12.0 Å². The molecule has 1 aliphatic heterocycles. The van der Waals surface area contributed by atoms with Gasteiger partial charge in [0.05, 0.1) is 6.04 Å². The van der Waals surface area contributed by atoms with Gasteiger partial charge in [-0.2, -0.15) is 0 Å². The number of nitrogens with zero attached hydrogens (tertiary/aromatic N) is 1. The first-order chi connectivity index (χ1) is 9.84. The fourth-order valence-electron chi connectivity index (χ4n) is 3.26. The summed E-state index contributed by atoms with van der Waals surface area (Å²) in [6.07, 6.45) is 6.41. The summed E-state index contributed by atoms with van der Waals surface area (Å²) >= 11 is 0. The van der Waals surface area contributed by atoms with Gasteiger partial charge in [-0.05, 0) is 35.9 Å². The van der Waals surface area contributed by atoms with Crippen molar-refractivity contribution in [3.05, 3.63) is 84.1 Å². The second kappa shape index (κ2) is 4.27. The Hall–Kier alpha value is -2.48. The van der Waals surface area contributed by atoms with Gasteiger partial charge in [0.15, 0.2) is 0 Å². The Balaban J connectivity index is 1.91. The summed E-state index contributed by atoms with van der Waals surface area (Å²) in [5, 5.41) is 0. The van der Waals surface area contributed by atoms with E-state index in [0.29, 0.717) is 5.92 Å². The molecule has 1 unspecified atom stereocenters. The molecular weight excluding hydrogens is 244 g/mol. The molecule has 2 nitrogen and oxygen atoms in total. The number of benzene rings is 2. The first kappa shape index (κ1) is 11.4. The third-order valence-corrected chi connectivity index (χ3v) is 4.12. The molecule has 2 aromatic rings. The summed E-state index contributed by atoms with van der Waals surface area (Å²) in [4.78, 5) is 2.39. The van der Waals surface area contributed by atoms with E-state index in [0.717, 1.165) is 5.70 Å². The number of fused-ring (bicyclic) bond motifs is 3. The van der Waals surface area contributed by atoms with Crippen LogP contribution in [0.1, 0.15) is 11.5 Å². The third kappa shape index (κ3) is 1.58. The lowest BCUT2D eigenvalue weighted by Gasteiger charge is -2.29. The number of anilines is 2. The molecule has 0 fully saturated rings. The molecule has 0 saturated heterocycles. The second-order valence-electron chi connectivity index (χ2n) is 5.31. The van der Waals surface area contributed by atoms with Crippen molar-refractivity contribution < 1.29 is 0 Å². The van der Waals surface area contributed by atoms with Crippen LogP contribution in [0.25, 0.3) is 0 Å². The van der Waals surface area contributed by atoms with Crippen molar-refractivity contribution in [3.8, 4) is 0 Å². The van der Waals surface area contributed by atoms with E-state index in [1.165, 1.54) is 16.9 Å². The Kier molecular flexibility index (Phi) is 2.43. The second-order valence-corrected chi connectivity index (χ2v) is 5.31. The molecule has 2 aromatic carbocycles. The SMILES string of the molecule is NC1=C[C@H]2C(C=C1)c1ccccc1N2c1ccccc1. The number of hydrogen-bond donors (Lipinski definition) is 1. The molecule has 98 valence electrons. The minimum Gasteiger partial charge on any atom is -0.399 e. The first-order valence-electron chi connectivity index (χ1n) is 6.93. The third-order valence-electron chi connectivity index (χ3n) is 4.12. The minimum atomic E-state index is 0.278. The summed E-state index contributed by atoms with van der Waals surface area (Å²) in [5.41, 5.74) is 10.7. The lowest BCUT2D eigenvalue weighted by molar-refractivity contribution is 0.737. The van der Waals surface area contributed by atoms with Gasteiger partial charge >= 0.3 is 0 Å². The highest BCUT2D eigenvalue weighted by Crippen LogP contribution is 2.47. The summed E-state index contributed by atoms with van der Waals surface area (Å²) in [6.45, 7) is 0. The highest BCUT2D eigenvalue weighted by molar-refractivity contribution is 5.75. The normalized spacial score (nSPS) is 23.2. The van der Waals surface area contributed by atoms with Crippen molar-refractivity contribution >= 4 is 11.4 Å².